The quantitative estimate of drug-likeness (QED) is 0.528. The molecule has 2 aromatic carbocycles. The molecule has 6 nitrogen and oxygen atoms in total. The maximum atomic E-state index is 12.0. The van der Waals surface area contributed by atoms with Gasteiger partial charge in [-0.3, -0.25) is 4.79 Å². The fourth-order valence-corrected chi connectivity index (χ4v) is 4.94. The first kappa shape index (κ1) is 21.3. The fourth-order valence-electron chi connectivity index (χ4n) is 3.98. The van der Waals surface area contributed by atoms with Crippen LogP contribution in [0.5, 0.6) is 5.75 Å². The average molecular weight is 438 g/mol. The van der Waals surface area contributed by atoms with Crippen LogP contribution in [-0.2, 0) is 16.0 Å². The van der Waals surface area contributed by atoms with Crippen molar-refractivity contribution in [3.8, 4) is 26.8 Å². The molecule has 0 bridgehead atoms. The molecule has 1 unspecified atom stereocenters. The first-order chi connectivity index (χ1) is 15.0. The Labute approximate surface area is 186 Å². The fraction of sp³-hybridized carbons (Fsp3) is 0.333. The molecule has 0 fully saturated rings. The third-order valence-electron chi connectivity index (χ3n) is 5.27. The van der Waals surface area contributed by atoms with Crippen LogP contribution in [0.1, 0.15) is 37.4 Å². The van der Waals surface area contributed by atoms with E-state index >= 15 is 0 Å². The molecule has 0 saturated carbocycles. The Morgan fingerprint density at radius 2 is 2.16 bits per heavy atom. The van der Waals surface area contributed by atoms with Gasteiger partial charge in [0.25, 0.3) is 0 Å². The van der Waals surface area contributed by atoms with Crippen LogP contribution in [0.15, 0.2) is 42.6 Å². The molecule has 1 aromatic heterocycles. The number of thiazole rings is 1. The number of hydrogen-bond acceptors (Lipinski definition) is 6. The van der Waals surface area contributed by atoms with E-state index in [-0.39, 0.29) is 24.7 Å². The predicted molar refractivity (Wildman–Crippen MR) is 124 cm³/mol. The van der Waals surface area contributed by atoms with Gasteiger partial charge < -0.3 is 20.5 Å². The van der Waals surface area contributed by atoms with Crippen molar-refractivity contribution >= 4 is 22.9 Å². The van der Waals surface area contributed by atoms with Gasteiger partial charge in [-0.2, -0.15) is 0 Å². The topological polar surface area (TPSA) is 86.5 Å². The molecule has 4 rings (SSSR count). The third kappa shape index (κ3) is 4.57. The Kier molecular flexibility index (Phi) is 6.25. The van der Waals surface area contributed by atoms with Gasteiger partial charge in [-0.25, -0.2) is 4.98 Å². The maximum Gasteiger partial charge on any atom is 0.246 e. The van der Waals surface area contributed by atoms with Crippen molar-refractivity contribution in [2.24, 2.45) is 0 Å². The zero-order valence-electron chi connectivity index (χ0n) is 18.0. The number of benzene rings is 2. The summed E-state index contributed by atoms with van der Waals surface area (Å²) in [4.78, 5) is 17.7. The van der Waals surface area contributed by atoms with Gasteiger partial charge in [0, 0.05) is 18.9 Å². The minimum Gasteiger partial charge on any atom is -0.489 e. The van der Waals surface area contributed by atoms with Crippen LogP contribution in [0.3, 0.4) is 0 Å². The minimum atomic E-state index is -0.0895. The molecular formula is C24H27N3O3S. The van der Waals surface area contributed by atoms with Gasteiger partial charge in [-0.15, -0.1) is 11.3 Å². The van der Waals surface area contributed by atoms with Crippen LogP contribution in [0.2, 0.25) is 0 Å². The molecule has 7 heteroatoms. The normalized spacial score (nSPS) is 15.2. The van der Waals surface area contributed by atoms with E-state index in [1.165, 1.54) is 23.8 Å². The van der Waals surface area contributed by atoms with Gasteiger partial charge in [-0.1, -0.05) is 18.2 Å². The number of rotatable bonds is 7. The van der Waals surface area contributed by atoms with E-state index in [0.29, 0.717) is 11.4 Å². The first-order valence-electron chi connectivity index (χ1n) is 10.4. The highest BCUT2D eigenvalue weighted by atomic mass is 32.1. The number of aromatic nitrogens is 1. The van der Waals surface area contributed by atoms with Gasteiger partial charge in [0.15, 0.2) is 0 Å². The summed E-state index contributed by atoms with van der Waals surface area (Å²) in [5.74, 6) is 0.603. The molecule has 31 heavy (non-hydrogen) atoms. The van der Waals surface area contributed by atoms with Crippen molar-refractivity contribution in [1.82, 2.24) is 10.3 Å². The van der Waals surface area contributed by atoms with Gasteiger partial charge in [0.05, 0.1) is 22.7 Å². The average Bonchev–Trinajstić information content (AvgIpc) is 3.37. The number of fused-ring (bicyclic) bond motifs is 1. The first-order valence-corrected chi connectivity index (χ1v) is 11.2. The highest BCUT2D eigenvalue weighted by Gasteiger charge is 2.26. The van der Waals surface area contributed by atoms with Crippen molar-refractivity contribution in [3.63, 3.8) is 0 Å². The second-order valence-corrected chi connectivity index (χ2v) is 8.94. The molecule has 1 aliphatic rings. The lowest BCUT2D eigenvalue weighted by Gasteiger charge is -2.14. The van der Waals surface area contributed by atoms with Crippen LogP contribution in [0, 0.1) is 0 Å². The van der Waals surface area contributed by atoms with Crippen LogP contribution in [-0.4, -0.2) is 30.7 Å². The van der Waals surface area contributed by atoms with E-state index in [0.717, 1.165) is 28.3 Å². The van der Waals surface area contributed by atoms with Crippen molar-refractivity contribution < 1.29 is 14.3 Å². The van der Waals surface area contributed by atoms with Crippen molar-refractivity contribution in [2.45, 2.75) is 38.8 Å². The van der Waals surface area contributed by atoms with E-state index < -0.39 is 0 Å². The van der Waals surface area contributed by atoms with Gasteiger partial charge >= 0.3 is 0 Å². The lowest BCUT2D eigenvalue weighted by Crippen LogP contribution is -2.30. The summed E-state index contributed by atoms with van der Waals surface area (Å²) >= 11 is 1.64. The Balaban J connectivity index is 1.59. The van der Waals surface area contributed by atoms with Crippen molar-refractivity contribution in [1.29, 1.82) is 0 Å². The van der Waals surface area contributed by atoms with Crippen LogP contribution in [0.4, 0.5) is 5.69 Å². The summed E-state index contributed by atoms with van der Waals surface area (Å²) in [5, 5.41) is 3.98. The maximum absolute atomic E-state index is 12.0. The van der Waals surface area contributed by atoms with Crippen molar-refractivity contribution in [3.05, 3.63) is 53.7 Å². The lowest BCUT2D eigenvalue weighted by atomic mass is 10.0. The number of anilines is 1. The molecule has 1 aliphatic carbocycles. The number of ether oxygens (including phenoxy) is 2. The number of nitrogens with one attached hydrogen (secondary N) is 1. The smallest absolute Gasteiger partial charge is 0.246 e. The molecule has 0 spiro atoms. The number of hydrogen-bond donors (Lipinski definition) is 2. The van der Waals surface area contributed by atoms with E-state index in [1.54, 1.807) is 11.3 Å². The number of nitrogen functional groups attached to an aromatic ring is 1. The highest BCUT2D eigenvalue weighted by molar-refractivity contribution is 7.18. The number of methoxy groups -OCH3 is 1. The molecule has 1 amide bonds. The second-order valence-electron chi connectivity index (χ2n) is 7.91. The number of amides is 1. The highest BCUT2D eigenvalue weighted by Crippen LogP contribution is 2.41. The number of nitrogens with zero attached hydrogens (tertiary/aromatic N) is 1. The minimum absolute atomic E-state index is 0.0262. The Bertz CT molecular complexity index is 1090. The lowest BCUT2D eigenvalue weighted by molar-refractivity contribution is -0.125. The van der Waals surface area contributed by atoms with Crippen LogP contribution in [0.25, 0.3) is 21.0 Å². The molecule has 162 valence electrons. The Morgan fingerprint density at radius 1 is 1.32 bits per heavy atom. The summed E-state index contributed by atoms with van der Waals surface area (Å²) in [5.41, 5.74) is 11.4. The zero-order valence-corrected chi connectivity index (χ0v) is 18.8. The summed E-state index contributed by atoms with van der Waals surface area (Å²) in [6, 6.07) is 12.1. The van der Waals surface area contributed by atoms with Crippen LogP contribution < -0.4 is 15.8 Å². The van der Waals surface area contributed by atoms with E-state index in [4.69, 9.17) is 15.2 Å². The monoisotopic (exact) mass is 437 g/mol. The molecule has 3 aromatic rings. The summed E-state index contributed by atoms with van der Waals surface area (Å²) < 4.78 is 10.7. The number of carbonyl (C=O) groups is 1. The van der Waals surface area contributed by atoms with E-state index in [1.807, 2.05) is 44.3 Å². The molecule has 1 atom stereocenters. The standard InChI is InChI=1S/C24H27N3O3S/c1-14(2)30-21-10-7-15(11-19(21)25)24-26-12-22(31-24)18-6-4-5-17-16(18)8-9-20(17)27-23(28)13-29-3/h4-7,10-12,14,20H,8-9,13,25H2,1-3H3,(H,27,28). The molecule has 3 N–H and O–H groups in total. The largest absolute Gasteiger partial charge is 0.489 e. The summed E-state index contributed by atoms with van der Waals surface area (Å²) in [6.07, 6.45) is 3.80. The zero-order chi connectivity index (χ0) is 22.0. The second kappa shape index (κ2) is 9.08. The molecule has 0 aliphatic heterocycles. The summed E-state index contributed by atoms with van der Waals surface area (Å²) in [7, 11) is 1.53. The van der Waals surface area contributed by atoms with Gasteiger partial charge in [0.2, 0.25) is 5.91 Å². The Morgan fingerprint density at radius 3 is 2.90 bits per heavy atom. The molecule has 1 heterocycles. The molecular weight excluding hydrogens is 410 g/mol. The molecule has 0 saturated heterocycles. The number of carbonyl (C=O) groups excluding carboxylic acids is 1. The van der Waals surface area contributed by atoms with Gasteiger partial charge in [-0.05, 0) is 61.6 Å². The van der Waals surface area contributed by atoms with E-state index in [2.05, 4.69) is 22.4 Å². The predicted octanol–water partition coefficient (Wildman–Crippen LogP) is 4.60. The molecule has 0 radical (unpaired) electrons. The Hall–Kier alpha value is -2.90. The third-order valence-corrected chi connectivity index (χ3v) is 6.35. The van der Waals surface area contributed by atoms with Crippen LogP contribution >= 0.6 is 11.3 Å². The van der Waals surface area contributed by atoms with Gasteiger partial charge in [0.1, 0.15) is 17.4 Å². The van der Waals surface area contributed by atoms with E-state index in [9.17, 15) is 4.79 Å². The van der Waals surface area contributed by atoms with Crippen molar-refractivity contribution in [2.75, 3.05) is 19.5 Å². The SMILES string of the molecule is COCC(=O)NC1CCc2c(-c3cnc(-c4ccc(OC(C)C)c(N)c4)s3)cccc21. The summed E-state index contributed by atoms with van der Waals surface area (Å²) in [6.45, 7) is 4.03. The number of nitrogens with two attached hydrogens (primary N) is 1.